The van der Waals surface area contributed by atoms with E-state index in [1.165, 1.54) is 7.05 Å². The summed E-state index contributed by atoms with van der Waals surface area (Å²) in [6.45, 7) is 4.68. The fourth-order valence-electron chi connectivity index (χ4n) is 2.19. The van der Waals surface area contributed by atoms with Crippen molar-refractivity contribution in [3.63, 3.8) is 0 Å². The number of benzene rings is 1. The number of rotatable bonds is 2. The molecule has 1 atom stereocenters. The molecule has 0 saturated heterocycles. The highest BCUT2D eigenvalue weighted by atomic mass is 16.5. The lowest BCUT2D eigenvalue weighted by Crippen LogP contribution is -2.47. The molecule has 20 heavy (non-hydrogen) atoms. The molecule has 6 nitrogen and oxygen atoms in total. The van der Waals surface area contributed by atoms with E-state index >= 15 is 0 Å². The number of carbonyl (C=O) groups excluding carboxylic acids is 2. The van der Waals surface area contributed by atoms with Gasteiger partial charge in [0.05, 0.1) is 18.8 Å². The van der Waals surface area contributed by atoms with Gasteiger partial charge in [-0.05, 0) is 31.5 Å². The van der Waals surface area contributed by atoms with Crippen LogP contribution in [0.15, 0.2) is 18.2 Å². The van der Waals surface area contributed by atoms with Gasteiger partial charge in [0, 0.05) is 7.05 Å². The quantitative estimate of drug-likeness (QED) is 0.847. The van der Waals surface area contributed by atoms with Gasteiger partial charge in [-0.1, -0.05) is 6.07 Å². The van der Waals surface area contributed by atoms with Gasteiger partial charge in [-0.25, -0.2) is 4.79 Å². The summed E-state index contributed by atoms with van der Waals surface area (Å²) in [5.74, 6) is 0.432. The molecule has 0 fully saturated rings. The van der Waals surface area contributed by atoms with E-state index in [4.69, 9.17) is 4.74 Å². The molecular weight excluding hydrogens is 258 g/mol. The molecule has 2 N–H and O–H groups in total. The largest absolute Gasteiger partial charge is 0.487 e. The highest BCUT2D eigenvalue weighted by Crippen LogP contribution is 2.33. The van der Waals surface area contributed by atoms with E-state index in [0.717, 1.165) is 17.0 Å². The van der Waals surface area contributed by atoms with Crippen LogP contribution in [0.3, 0.4) is 0 Å². The molecule has 108 valence electrons. The molecule has 1 aliphatic heterocycles. The maximum atomic E-state index is 11.8. The van der Waals surface area contributed by atoms with E-state index in [-0.39, 0.29) is 18.6 Å². The summed E-state index contributed by atoms with van der Waals surface area (Å²) >= 11 is 0. The fraction of sp³-hybridized carbons (Fsp3) is 0.429. The number of amides is 3. The fourth-order valence-corrected chi connectivity index (χ4v) is 2.19. The molecule has 0 radical (unpaired) electrons. The van der Waals surface area contributed by atoms with Crippen molar-refractivity contribution in [3.05, 3.63) is 23.8 Å². The second-order valence-corrected chi connectivity index (χ2v) is 4.91. The first-order chi connectivity index (χ1) is 9.49. The van der Waals surface area contributed by atoms with Crippen molar-refractivity contribution >= 4 is 17.6 Å². The molecule has 2 rings (SSSR count). The third-order valence-corrected chi connectivity index (χ3v) is 3.08. The molecular formula is C14H19N3O3. The van der Waals surface area contributed by atoms with E-state index in [9.17, 15) is 9.59 Å². The summed E-state index contributed by atoms with van der Waals surface area (Å²) in [5, 5.41) is 4.62. The normalized spacial score (nSPS) is 16.9. The van der Waals surface area contributed by atoms with Crippen LogP contribution in [0.2, 0.25) is 0 Å². The Balaban J connectivity index is 2.13. The van der Waals surface area contributed by atoms with Gasteiger partial charge in [0.15, 0.2) is 0 Å². The number of ether oxygens (including phenoxy) is 1. The van der Waals surface area contributed by atoms with Gasteiger partial charge in [0.25, 0.3) is 0 Å². The molecule has 1 aliphatic rings. The number of nitrogens with one attached hydrogen (secondary N) is 2. The molecule has 0 aromatic heterocycles. The Kier molecular flexibility index (Phi) is 4.12. The van der Waals surface area contributed by atoms with Gasteiger partial charge >= 0.3 is 6.03 Å². The molecule has 1 aromatic carbocycles. The van der Waals surface area contributed by atoms with Crippen molar-refractivity contribution < 1.29 is 14.3 Å². The first-order valence-electron chi connectivity index (χ1n) is 6.53. The van der Waals surface area contributed by atoms with E-state index in [1.807, 2.05) is 36.9 Å². The number of fused-ring (bicyclic) bond motifs is 1. The predicted molar refractivity (Wildman–Crippen MR) is 76.1 cm³/mol. The summed E-state index contributed by atoms with van der Waals surface area (Å²) in [6.07, 6.45) is -0.00268. The third-order valence-electron chi connectivity index (χ3n) is 3.08. The standard InChI is InChI=1S/C14H19N3O3/c1-9-4-5-11-12(6-9)20-10(2)7-17(11)8-13(18)16-14(19)15-3/h4-6,10H,7-8H2,1-3H3,(H2,15,16,18,19)/t10-/m1/s1. The third kappa shape index (κ3) is 3.20. The Hall–Kier alpha value is -2.24. The topological polar surface area (TPSA) is 70.7 Å². The monoisotopic (exact) mass is 277 g/mol. The average Bonchev–Trinajstić information content (AvgIpc) is 2.37. The number of carbonyl (C=O) groups is 2. The predicted octanol–water partition coefficient (Wildman–Crippen LogP) is 1.04. The van der Waals surface area contributed by atoms with Gasteiger partial charge < -0.3 is 15.0 Å². The van der Waals surface area contributed by atoms with Crippen LogP contribution in [0.4, 0.5) is 10.5 Å². The summed E-state index contributed by atoms with van der Waals surface area (Å²) in [7, 11) is 1.47. The maximum absolute atomic E-state index is 11.8. The first kappa shape index (κ1) is 14.2. The molecule has 0 saturated carbocycles. The van der Waals surface area contributed by atoms with E-state index in [2.05, 4.69) is 10.6 Å². The summed E-state index contributed by atoms with van der Waals surface area (Å²) in [4.78, 5) is 24.9. The molecule has 0 aliphatic carbocycles. The van der Waals surface area contributed by atoms with E-state index < -0.39 is 6.03 Å². The Labute approximate surface area is 118 Å². The van der Waals surface area contributed by atoms with Crippen LogP contribution in [-0.4, -0.2) is 38.2 Å². The zero-order valence-corrected chi connectivity index (χ0v) is 11.9. The molecule has 1 heterocycles. The van der Waals surface area contributed by atoms with E-state index in [1.54, 1.807) is 0 Å². The first-order valence-corrected chi connectivity index (χ1v) is 6.53. The second kappa shape index (κ2) is 5.81. The molecule has 0 spiro atoms. The van der Waals surface area contributed by atoms with Gasteiger partial charge in [-0.2, -0.15) is 0 Å². The maximum Gasteiger partial charge on any atom is 0.321 e. The molecule has 0 bridgehead atoms. The average molecular weight is 277 g/mol. The molecule has 0 unspecified atom stereocenters. The Morgan fingerprint density at radius 2 is 2.20 bits per heavy atom. The van der Waals surface area contributed by atoms with Crippen LogP contribution in [0.25, 0.3) is 0 Å². The van der Waals surface area contributed by atoms with Gasteiger partial charge in [-0.15, -0.1) is 0 Å². The Morgan fingerprint density at radius 3 is 2.90 bits per heavy atom. The van der Waals surface area contributed by atoms with Crippen molar-refractivity contribution in [2.24, 2.45) is 0 Å². The molecule has 1 aromatic rings. The van der Waals surface area contributed by atoms with Crippen LogP contribution < -0.4 is 20.3 Å². The van der Waals surface area contributed by atoms with Gasteiger partial charge in [0.2, 0.25) is 5.91 Å². The zero-order chi connectivity index (χ0) is 14.7. The van der Waals surface area contributed by atoms with Crippen LogP contribution in [0, 0.1) is 6.92 Å². The number of nitrogens with zero attached hydrogens (tertiary/aromatic N) is 1. The van der Waals surface area contributed by atoms with Crippen molar-refractivity contribution in [2.75, 3.05) is 25.0 Å². The van der Waals surface area contributed by atoms with Crippen molar-refractivity contribution in [1.82, 2.24) is 10.6 Å². The van der Waals surface area contributed by atoms with Crippen LogP contribution >= 0.6 is 0 Å². The van der Waals surface area contributed by atoms with E-state index in [0.29, 0.717) is 6.54 Å². The number of imide groups is 1. The van der Waals surface area contributed by atoms with Gasteiger partial charge in [-0.3, -0.25) is 10.1 Å². The highest BCUT2D eigenvalue weighted by Gasteiger charge is 2.24. The number of aryl methyl sites for hydroxylation is 1. The zero-order valence-electron chi connectivity index (χ0n) is 11.9. The SMILES string of the molecule is CNC(=O)NC(=O)CN1C[C@@H](C)Oc2cc(C)ccc21. The molecule has 6 heteroatoms. The van der Waals surface area contributed by atoms with Gasteiger partial charge in [0.1, 0.15) is 11.9 Å². The Morgan fingerprint density at radius 1 is 1.45 bits per heavy atom. The van der Waals surface area contributed by atoms with Crippen molar-refractivity contribution in [1.29, 1.82) is 0 Å². The number of hydrogen-bond acceptors (Lipinski definition) is 4. The van der Waals surface area contributed by atoms with Crippen LogP contribution in [-0.2, 0) is 4.79 Å². The minimum Gasteiger partial charge on any atom is -0.487 e. The highest BCUT2D eigenvalue weighted by molar-refractivity contribution is 5.96. The minimum atomic E-state index is -0.500. The summed E-state index contributed by atoms with van der Waals surface area (Å²) in [6, 6.07) is 5.36. The lowest BCUT2D eigenvalue weighted by molar-refractivity contribution is -0.118. The minimum absolute atomic E-state index is 0.00268. The lowest BCUT2D eigenvalue weighted by atomic mass is 10.1. The van der Waals surface area contributed by atoms with Crippen molar-refractivity contribution in [2.45, 2.75) is 20.0 Å². The summed E-state index contributed by atoms with van der Waals surface area (Å²) < 4.78 is 5.77. The number of hydrogen-bond donors (Lipinski definition) is 2. The lowest BCUT2D eigenvalue weighted by Gasteiger charge is -2.34. The smallest absolute Gasteiger partial charge is 0.321 e. The number of anilines is 1. The van der Waals surface area contributed by atoms with Crippen LogP contribution in [0.1, 0.15) is 12.5 Å². The number of urea groups is 1. The summed E-state index contributed by atoms with van der Waals surface area (Å²) in [5.41, 5.74) is 1.98. The van der Waals surface area contributed by atoms with Crippen LogP contribution in [0.5, 0.6) is 5.75 Å². The Bertz CT molecular complexity index is 530. The second-order valence-electron chi connectivity index (χ2n) is 4.91. The van der Waals surface area contributed by atoms with Crippen molar-refractivity contribution in [3.8, 4) is 5.75 Å². The molecule has 3 amide bonds.